The number of urea groups is 1. The van der Waals surface area contributed by atoms with Crippen molar-refractivity contribution in [2.24, 2.45) is 5.92 Å². The highest BCUT2D eigenvalue weighted by Crippen LogP contribution is 2.33. The van der Waals surface area contributed by atoms with Gasteiger partial charge in [-0.1, -0.05) is 0 Å². The van der Waals surface area contributed by atoms with Crippen molar-refractivity contribution in [2.75, 3.05) is 25.0 Å². The van der Waals surface area contributed by atoms with Crippen molar-refractivity contribution in [3.8, 4) is 11.5 Å². The van der Waals surface area contributed by atoms with E-state index in [-0.39, 0.29) is 17.3 Å². The van der Waals surface area contributed by atoms with Gasteiger partial charge in [0.15, 0.2) is 0 Å². The van der Waals surface area contributed by atoms with E-state index in [2.05, 4.69) is 5.32 Å². The number of alkyl halides is 3. The predicted molar refractivity (Wildman–Crippen MR) is 103 cm³/mol. The van der Waals surface area contributed by atoms with Crippen molar-refractivity contribution in [1.29, 1.82) is 0 Å². The maximum Gasteiger partial charge on any atom is 0.416 e. The average Bonchev–Trinajstić information content (AvgIpc) is 2.67. The smallest absolute Gasteiger partial charge is 0.416 e. The molecular formula is C21H23F3N2O3. The molecule has 0 bridgehead atoms. The van der Waals surface area contributed by atoms with Crippen LogP contribution in [0.4, 0.5) is 23.7 Å². The maximum atomic E-state index is 12.8. The van der Waals surface area contributed by atoms with Gasteiger partial charge in [0.2, 0.25) is 0 Å². The van der Waals surface area contributed by atoms with E-state index in [0.29, 0.717) is 37.1 Å². The van der Waals surface area contributed by atoms with E-state index in [9.17, 15) is 23.1 Å². The van der Waals surface area contributed by atoms with Gasteiger partial charge in [-0.3, -0.25) is 0 Å². The van der Waals surface area contributed by atoms with Gasteiger partial charge in [-0.25, -0.2) is 4.79 Å². The molecule has 2 aromatic rings. The lowest BCUT2D eigenvalue weighted by atomic mass is 9.98. The van der Waals surface area contributed by atoms with Crippen LogP contribution in [0, 0.1) is 12.8 Å². The van der Waals surface area contributed by atoms with Crippen LogP contribution >= 0.6 is 0 Å². The first-order valence-corrected chi connectivity index (χ1v) is 9.38. The van der Waals surface area contributed by atoms with Crippen molar-refractivity contribution in [1.82, 2.24) is 4.90 Å². The van der Waals surface area contributed by atoms with Crippen LogP contribution in [0.3, 0.4) is 0 Å². The maximum absolute atomic E-state index is 12.8. The molecule has 5 nitrogen and oxygen atoms in total. The SMILES string of the molecule is Cc1cc(NC(=O)N2CCC(COc3ccc(O)cc3)CC2)ccc1C(F)(F)F. The van der Waals surface area contributed by atoms with Gasteiger partial charge >= 0.3 is 12.2 Å². The number of rotatable bonds is 4. The van der Waals surface area contributed by atoms with Crippen LogP contribution < -0.4 is 10.1 Å². The number of hydrogen-bond donors (Lipinski definition) is 2. The Labute approximate surface area is 167 Å². The summed E-state index contributed by atoms with van der Waals surface area (Å²) in [6.45, 7) is 3.00. The van der Waals surface area contributed by atoms with Gasteiger partial charge in [-0.15, -0.1) is 0 Å². The standard InChI is InChI=1S/C21H23F3N2O3/c1-14-12-16(2-7-19(14)21(22,23)24)25-20(28)26-10-8-15(9-11-26)13-29-18-5-3-17(27)4-6-18/h2-7,12,15,27H,8-11,13H2,1H3,(H,25,28). The molecule has 0 aromatic heterocycles. The van der Waals surface area contributed by atoms with Crippen LogP contribution in [-0.4, -0.2) is 35.7 Å². The van der Waals surface area contributed by atoms with Crippen molar-refractivity contribution in [2.45, 2.75) is 25.9 Å². The number of carbonyl (C=O) groups excluding carboxylic acids is 1. The fourth-order valence-electron chi connectivity index (χ4n) is 3.32. The number of carbonyl (C=O) groups is 1. The summed E-state index contributed by atoms with van der Waals surface area (Å²) in [7, 11) is 0. The minimum atomic E-state index is -4.41. The second-order valence-electron chi connectivity index (χ2n) is 7.19. The monoisotopic (exact) mass is 408 g/mol. The first-order valence-electron chi connectivity index (χ1n) is 9.38. The van der Waals surface area contributed by atoms with Crippen LogP contribution in [0.2, 0.25) is 0 Å². The van der Waals surface area contributed by atoms with E-state index in [1.165, 1.54) is 19.1 Å². The number of aryl methyl sites for hydroxylation is 1. The summed E-state index contributed by atoms with van der Waals surface area (Å²) in [5.41, 5.74) is -0.288. The first kappa shape index (κ1) is 20.8. The number of piperidine rings is 1. The summed E-state index contributed by atoms with van der Waals surface area (Å²) in [4.78, 5) is 14.1. The highest BCUT2D eigenvalue weighted by atomic mass is 19.4. The zero-order chi connectivity index (χ0) is 21.0. The van der Waals surface area contributed by atoms with Crippen molar-refractivity contribution >= 4 is 11.7 Å². The van der Waals surface area contributed by atoms with Gasteiger partial charge in [0.1, 0.15) is 11.5 Å². The van der Waals surface area contributed by atoms with Crippen molar-refractivity contribution in [3.05, 3.63) is 53.6 Å². The molecule has 2 aromatic carbocycles. The third kappa shape index (κ3) is 5.56. The van der Waals surface area contributed by atoms with Gasteiger partial charge < -0.3 is 20.1 Å². The molecule has 1 aliphatic heterocycles. The van der Waals surface area contributed by atoms with Gasteiger partial charge in [0, 0.05) is 18.8 Å². The third-order valence-corrected chi connectivity index (χ3v) is 5.01. The molecule has 3 rings (SSSR count). The summed E-state index contributed by atoms with van der Waals surface area (Å²) >= 11 is 0. The minimum Gasteiger partial charge on any atom is -0.508 e. The molecule has 8 heteroatoms. The number of amides is 2. The van der Waals surface area contributed by atoms with Crippen LogP contribution in [0.25, 0.3) is 0 Å². The molecule has 2 amide bonds. The molecule has 2 N–H and O–H groups in total. The van der Waals surface area contributed by atoms with Gasteiger partial charge in [-0.05, 0) is 73.7 Å². The normalized spacial score (nSPS) is 15.2. The summed E-state index contributed by atoms with van der Waals surface area (Å²) < 4.78 is 44.2. The number of nitrogens with zero attached hydrogens (tertiary/aromatic N) is 1. The Morgan fingerprint density at radius 3 is 2.41 bits per heavy atom. The van der Waals surface area contributed by atoms with E-state index >= 15 is 0 Å². The molecule has 1 heterocycles. The van der Waals surface area contributed by atoms with E-state index in [1.807, 2.05) is 0 Å². The number of nitrogens with one attached hydrogen (secondary N) is 1. The fourth-order valence-corrected chi connectivity index (χ4v) is 3.32. The number of aromatic hydroxyl groups is 1. The molecule has 0 radical (unpaired) electrons. The highest BCUT2D eigenvalue weighted by molar-refractivity contribution is 5.89. The van der Waals surface area contributed by atoms with Gasteiger partial charge in [0.05, 0.1) is 12.2 Å². The number of benzene rings is 2. The predicted octanol–water partition coefficient (Wildman–Crippen LogP) is 5.04. The second-order valence-corrected chi connectivity index (χ2v) is 7.19. The van der Waals surface area contributed by atoms with E-state index < -0.39 is 11.7 Å². The Morgan fingerprint density at radius 1 is 1.17 bits per heavy atom. The molecule has 156 valence electrons. The summed E-state index contributed by atoms with van der Waals surface area (Å²) in [5.74, 6) is 1.17. The molecule has 0 spiro atoms. The molecular weight excluding hydrogens is 385 g/mol. The lowest BCUT2D eigenvalue weighted by Gasteiger charge is -2.32. The molecule has 29 heavy (non-hydrogen) atoms. The number of ether oxygens (including phenoxy) is 1. The molecule has 0 atom stereocenters. The fraction of sp³-hybridized carbons (Fsp3) is 0.381. The molecule has 1 saturated heterocycles. The molecule has 0 aliphatic carbocycles. The lowest BCUT2D eigenvalue weighted by Crippen LogP contribution is -2.42. The Hall–Kier alpha value is -2.90. The largest absolute Gasteiger partial charge is 0.508 e. The number of hydrogen-bond acceptors (Lipinski definition) is 3. The summed E-state index contributed by atoms with van der Waals surface area (Å²) in [6.07, 6.45) is -2.86. The Kier molecular flexibility index (Phi) is 6.20. The molecule has 1 fully saturated rings. The Bertz CT molecular complexity index is 845. The third-order valence-electron chi connectivity index (χ3n) is 5.01. The van der Waals surface area contributed by atoms with Gasteiger partial charge in [0.25, 0.3) is 0 Å². The zero-order valence-corrected chi connectivity index (χ0v) is 16.0. The number of anilines is 1. The number of phenols is 1. The topological polar surface area (TPSA) is 61.8 Å². The number of halogens is 3. The molecule has 1 aliphatic rings. The average molecular weight is 408 g/mol. The quantitative estimate of drug-likeness (QED) is 0.745. The van der Waals surface area contributed by atoms with Crippen LogP contribution in [0.1, 0.15) is 24.0 Å². The Balaban J connectivity index is 1.47. The zero-order valence-electron chi connectivity index (χ0n) is 16.0. The van der Waals surface area contributed by atoms with Gasteiger partial charge in [-0.2, -0.15) is 13.2 Å². The van der Waals surface area contributed by atoms with Crippen LogP contribution in [-0.2, 0) is 6.18 Å². The summed E-state index contributed by atoms with van der Waals surface area (Å²) in [6, 6.07) is 9.79. The molecule has 0 saturated carbocycles. The number of phenolic OH excluding ortho intramolecular Hbond substituents is 1. The summed E-state index contributed by atoms with van der Waals surface area (Å²) in [5, 5.41) is 11.9. The van der Waals surface area contributed by atoms with Crippen LogP contribution in [0.15, 0.2) is 42.5 Å². The van der Waals surface area contributed by atoms with E-state index in [0.717, 1.165) is 18.9 Å². The first-order chi connectivity index (χ1) is 13.7. The lowest BCUT2D eigenvalue weighted by molar-refractivity contribution is -0.138. The van der Waals surface area contributed by atoms with E-state index in [4.69, 9.17) is 4.74 Å². The Morgan fingerprint density at radius 2 is 1.83 bits per heavy atom. The second kappa shape index (κ2) is 8.63. The van der Waals surface area contributed by atoms with Crippen molar-refractivity contribution in [3.63, 3.8) is 0 Å². The number of likely N-dealkylation sites (tertiary alicyclic amines) is 1. The van der Waals surface area contributed by atoms with Crippen molar-refractivity contribution < 1.29 is 27.8 Å². The molecule has 0 unspecified atom stereocenters. The van der Waals surface area contributed by atoms with E-state index in [1.54, 1.807) is 29.2 Å². The van der Waals surface area contributed by atoms with Crippen LogP contribution in [0.5, 0.6) is 11.5 Å². The highest BCUT2D eigenvalue weighted by Gasteiger charge is 2.32. The minimum absolute atomic E-state index is 0.0698.